The first kappa shape index (κ1) is 13.9. The minimum atomic E-state index is -1.09. The zero-order valence-electron chi connectivity index (χ0n) is 9.32. The molecule has 0 bridgehead atoms. The van der Waals surface area contributed by atoms with Crippen molar-refractivity contribution in [3.8, 4) is 0 Å². The fraction of sp³-hybridized carbons (Fsp3) is 0.364. The smallest absolute Gasteiger partial charge is 0.252 e. The van der Waals surface area contributed by atoms with E-state index in [1.165, 1.54) is 0 Å². The lowest BCUT2D eigenvalue weighted by Crippen LogP contribution is -2.32. The number of halogens is 3. The molecule has 3 nitrogen and oxygen atoms in total. The fourth-order valence-corrected chi connectivity index (χ4v) is 1.47. The van der Waals surface area contributed by atoms with E-state index in [1.54, 1.807) is 0 Å². The molecule has 6 heteroatoms. The molecule has 0 spiro atoms. The molecule has 1 aromatic rings. The van der Waals surface area contributed by atoms with Gasteiger partial charge in [0.15, 0.2) is 11.6 Å². The number of hydrogen-bond donors (Lipinski definition) is 2. The van der Waals surface area contributed by atoms with E-state index in [-0.39, 0.29) is 10.6 Å². The molecule has 0 aliphatic rings. The number of carbonyl (C=O) groups excluding carboxylic acids is 1. The topological polar surface area (TPSA) is 41.1 Å². The molecule has 0 fully saturated rings. The van der Waals surface area contributed by atoms with Gasteiger partial charge in [-0.1, -0.05) is 18.5 Å². The SMILES string of the molecule is CCNCCNC(=O)c1cc(F)c(F)cc1Cl. The first-order valence-electron chi connectivity index (χ1n) is 5.19. The van der Waals surface area contributed by atoms with Crippen LogP contribution in [-0.4, -0.2) is 25.5 Å². The molecule has 0 aromatic heterocycles. The zero-order valence-corrected chi connectivity index (χ0v) is 10.1. The van der Waals surface area contributed by atoms with Crippen molar-refractivity contribution in [2.75, 3.05) is 19.6 Å². The van der Waals surface area contributed by atoms with Gasteiger partial charge >= 0.3 is 0 Å². The Morgan fingerprint density at radius 3 is 2.59 bits per heavy atom. The molecule has 0 heterocycles. The van der Waals surface area contributed by atoms with E-state index in [0.29, 0.717) is 13.1 Å². The Kier molecular flexibility index (Phi) is 5.31. The molecule has 1 amide bonds. The van der Waals surface area contributed by atoms with Crippen molar-refractivity contribution in [2.45, 2.75) is 6.92 Å². The second-order valence-corrected chi connectivity index (χ2v) is 3.76. The molecule has 94 valence electrons. The van der Waals surface area contributed by atoms with Crippen molar-refractivity contribution in [3.63, 3.8) is 0 Å². The van der Waals surface area contributed by atoms with Gasteiger partial charge in [-0.25, -0.2) is 8.78 Å². The second kappa shape index (κ2) is 6.51. The summed E-state index contributed by atoms with van der Waals surface area (Å²) < 4.78 is 25.7. The maximum Gasteiger partial charge on any atom is 0.252 e. The fourth-order valence-electron chi connectivity index (χ4n) is 1.23. The van der Waals surface area contributed by atoms with Crippen LogP contribution in [-0.2, 0) is 0 Å². The molecule has 17 heavy (non-hydrogen) atoms. The van der Waals surface area contributed by atoms with Gasteiger partial charge < -0.3 is 10.6 Å². The first-order chi connectivity index (χ1) is 8.06. The molecule has 0 aliphatic heterocycles. The van der Waals surface area contributed by atoms with Gasteiger partial charge in [-0.3, -0.25) is 4.79 Å². The van der Waals surface area contributed by atoms with E-state index >= 15 is 0 Å². The van der Waals surface area contributed by atoms with Gasteiger partial charge in [0.25, 0.3) is 5.91 Å². The molecule has 0 unspecified atom stereocenters. The predicted molar refractivity (Wildman–Crippen MR) is 62.2 cm³/mol. The lowest BCUT2D eigenvalue weighted by Gasteiger charge is -2.07. The van der Waals surface area contributed by atoms with Gasteiger partial charge in [-0.15, -0.1) is 0 Å². The highest BCUT2D eigenvalue weighted by atomic mass is 35.5. The minimum absolute atomic E-state index is 0.0675. The maximum absolute atomic E-state index is 12.9. The Balaban J connectivity index is 2.66. The summed E-state index contributed by atoms with van der Waals surface area (Å²) in [7, 11) is 0. The number of rotatable bonds is 5. The Morgan fingerprint density at radius 2 is 1.94 bits per heavy atom. The molecular weight excluding hydrogens is 250 g/mol. The van der Waals surface area contributed by atoms with Crippen molar-refractivity contribution < 1.29 is 13.6 Å². The van der Waals surface area contributed by atoms with Crippen LogP contribution < -0.4 is 10.6 Å². The lowest BCUT2D eigenvalue weighted by molar-refractivity contribution is 0.0953. The summed E-state index contributed by atoms with van der Waals surface area (Å²) in [4.78, 5) is 11.6. The number of carbonyl (C=O) groups is 1. The highest BCUT2D eigenvalue weighted by Crippen LogP contribution is 2.19. The third kappa shape index (κ3) is 3.94. The van der Waals surface area contributed by atoms with E-state index < -0.39 is 17.5 Å². The number of likely N-dealkylation sites (N-methyl/N-ethyl adjacent to an activating group) is 1. The van der Waals surface area contributed by atoms with Gasteiger partial charge in [-0.05, 0) is 18.7 Å². The Hall–Kier alpha value is -1.20. The Bertz CT molecular complexity index is 413. The van der Waals surface area contributed by atoms with E-state index in [2.05, 4.69) is 10.6 Å². The summed E-state index contributed by atoms with van der Waals surface area (Å²) in [6, 6.07) is 1.58. The molecule has 0 radical (unpaired) electrons. The number of nitrogens with one attached hydrogen (secondary N) is 2. The molecule has 0 saturated heterocycles. The largest absolute Gasteiger partial charge is 0.351 e. The average molecular weight is 263 g/mol. The first-order valence-corrected chi connectivity index (χ1v) is 5.57. The quantitative estimate of drug-likeness (QED) is 0.629. The standard InChI is InChI=1S/C11H13ClF2N2O/c1-2-15-3-4-16-11(17)7-5-9(13)10(14)6-8(7)12/h5-6,15H,2-4H2,1H3,(H,16,17). The van der Waals surface area contributed by atoms with Crippen LogP contribution in [0.15, 0.2) is 12.1 Å². The zero-order chi connectivity index (χ0) is 12.8. The Morgan fingerprint density at radius 1 is 1.29 bits per heavy atom. The van der Waals surface area contributed by atoms with Gasteiger partial charge in [0, 0.05) is 13.1 Å². The summed E-state index contributed by atoms with van der Waals surface area (Å²) in [5, 5.41) is 5.45. The van der Waals surface area contributed by atoms with Crippen molar-refractivity contribution in [1.82, 2.24) is 10.6 Å². The van der Waals surface area contributed by atoms with Crippen LogP contribution in [0.3, 0.4) is 0 Å². The number of hydrogen-bond acceptors (Lipinski definition) is 2. The van der Waals surface area contributed by atoms with E-state index in [1.807, 2.05) is 6.92 Å². The van der Waals surface area contributed by atoms with Gasteiger partial charge in [0.1, 0.15) is 0 Å². The molecule has 2 N–H and O–H groups in total. The summed E-state index contributed by atoms with van der Waals surface area (Å²) in [5.74, 6) is -2.68. The summed E-state index contributed by atoms with van der Waals surface area (Å²) in [6.07, 6.45) is 0. The Labute approximate surface area is 103 Å². The number of benzene rings is 1. The molecular formula is C11H13ClF2N2O. The van der Waals surface area contributed by atoms with E-state index in [0.717, 1.165) is 18.7 Å². The molecule has 0 atom stereocenters. The van der Waals surface area contributed by atoms with Crippen LogP contribution in [0.4, 0.5) is 8.78 Å². The van der Waals surface area contributed by atoms with Crippen LogP contribution in [0.1, 0.15) is 17.3 Å². The lowest BCUT2D eigenvalue weighted by atomic mass is 10.2. The van der Waals surface area contributed by atoms with Crippen molar-refractivity contribution in [2.24, 2.45) is 0 Å². The van der Waals surface area contributed by atoms with Crippen molar-refractivity contribution in [1.29, 1.82) is 0 Å². The second-order valence-electron chi connectivity index (χ2n) is 3.36. The monoisotopic (exact) mass is 262 g/mol. The van der Waals surface area contributed by atoms with Crippen LogP contribution in [0.25, 0.3) is 0 Å². The highest BCUT2D eigenvalue weighted by molar-refractivity contribution is 6.33. The third-order valence-electron chi connectivity index (χ3n) is 2.09. The minimum Gasteiger partial charge on any atom is -0.351 e. The molecule has 0 aliphatic carbocycles. The number of amides is 1. The molecule has 1 rings (SSSR count). The van der Waals surface area contributed by atoms with Crippen LogP contribution in [0, 0.1) is 11.6 Å². The predicted octanol–water partition coefficient (Wildman–Crippen LogP) is 1.96. The van der Waals surface area contributed by atoms with Crippen molar-refractivity contribution >= 4 is 17.5 Å². The van der Waals surface area contributed by atoms with Gasteiger partial charge in [-0.2, -0.15) is 0 Å². The summed E-state index contributed by atoms with van der Waals surface area (Å²) in [5.41, 5.74) is -0.0675. The maximum atomic E-state index is 12.9. The van der Waals surface area contributed by atoms with Crippen molar-refractivity contribution in [3.05, 3.63) is 34.4 Å². The third-order valence-corrected chi connectivity index (χ3v) is 2.40. The normalized spacial score (nSPS) is 10.4. The van der Waals surface area contributed by atoms with E-state index in [9.17, 15) is 13.6 Å². The van der Waals surface area contributed by atoms with E-state index in [4.69, 9.17) is 11.6 Å². The highest BCUT2D eigenvalue weighted by Gasteiger charge is 2.14. The van der Waals surface area contributed by atoms with Crippen LogP contribution >= 0.6 is 11.6 Å². The van der Waals surface area contributed by atoms with Crippen LogP contribution in [0.2, 0.25) is 5.02 Å². The average Bonchev–Trinajstić information content (AvgIpc) is 2.29. The van der Waals surface area contributed by atoms with Gasteiger partial charge in [0.2, 0.25) is 0 Å². The van der Waals surface area contributed by atoms with Crippen LogP contribution in [0.5, 0.6) is 0 Å². The van der Waals surface area contributed by atoms with Gasteiger partial charge in [0.05, 0.1) is 10.6 Å². The summed E-state index contributed by atoms with van der Waals surface area (Å²) >= 11 is 5.65. The molecule has 0 saturated carbocycles. The summed E-state index contributed by atoms with van der Waals surface area (Å²) in [6.45, 7) is 3.72. The molecule has 1 aromatic carbocycles.